The van der Waals surface area contributed by atoms with Gasteiger partial charge in [-0.3, -0.25) is 9.78 Å². The summed E-state index contributed by atoms with van der Waals surface area (Å²) in [5.41, 5.74) is 0.617. The second-order valence-electron chi connectivity index (χ2n) is 3.95. The van der Waals surface area contributed by atoms with Crippen LogP contribution in [0.3, 0.4) is 0 Å². The number of carbonyl (C=O) groups excluding carboxylic acids is 1. The van der Waals surface area contributed by atoms with Crippen LogP contribution in [0.2, 0.25) is 0 Å². The Balaban J connectivity index is 1.78. The molecule has 0 aromatic carbocycles. The van der Waals surface area contributed by atoms with Crippen LogP contribution in [-0.2, 0) is 4.79 Å². The van der Waals surface area contributed by atoms with Crippen LogP contribution in [0.1, 0.15) is 0 Å². The summed E-state index contributed by atoms with van der Waals surface area (Å²) in [7, 11) is 0. The summed E-state index contributed by atoms with van der Waals surface area (Å²) >= 11 is 0. The fourth-order valence-electron chi connectivity index (χ4n) is 1.65. The first-order valence-electron chi connectivity index (χ1n) is 5.97. The molecule has 0 spiro atoms. The van der Waals surface area contributed by atoms with Crippen molar-refractivity contribution in [2.75, 3.05) is 5.32 Å². The van der Waals surface area contributed by atoms with Gasteiger partial charge >= 0.3 is 6.41 Å². The van der Waals surface area contributed by atoms with E-state index in [-0.39, 0.29) is 0 Å². The average molecular weight is 281 g/mol. The van der Waals surface area contributed by atoms with Crippen molar-refractivity contribution >= 4 is 12.2 Å². The highest BCUT2D eigenvalue weighted by Gasteiger charge is 2.06. The van der Waals surface area contributed by atoms with Crippen LogP contribution in [0, 0.1) is 0 Å². The molecule has 0 aliphatic rings. The van der Waals surface area contributed by atoms with E-state index in [1.54, 1.807) is 43.1 Å². The first-order chi connectivity index (χ1) is 10.3. The number of hydrogen-bond donors (Lipinski definition) is 1. The van der Waals surface area contributed by atoms with Gasteiger partial charge in [0.1, 0.15) is 23.0 Å². The molecule has 0 saturated carbocycles. The second-order valence-corrected chi connectivity index (χ2v) is 3.95. The molecule has 1 amide bonds. The van der Waals surface area contributed by atoms with Crippen LogP contribution in [-0.4, -0.2) is 21.4 Å². The van der Waals surface area contributed by atoms with Crippen molar-refractivity contribution in [1.82, 2.24) is 15.0 Å². The van der Waals surface area contributed by atoms with Gasteiger partial charge in [0.15, 0.2) is 12.2 Å². The number of pyridine rings is 2. The summed E-state index contributed by atoms with van der Waals surface area (Å²) in [4.78, 5) is 22.2. The molecule has 3 aromatic heterocycles. The van der Waals surface area contributed by atoms with Crippen LogP contribution in [0.4, 0.5) is 5.82 Å². The Kier molecular flexibility index (Phi) is 3.55. The molecule has 103 valence electrons. The van der Waals surface area contributed by atoms with E-state index in [0.717, 1.165) is 0 Å². The molecule has 0 atom stereocenters. The van der Waals surface area contributed by atoms with E-state index in [1.807, 2.05) is 0 Å². The Morgan fingerprint density at radius 2 is 2.10 bits per heavy atom. The molecule has 0 fully saturated rings. The molecular formula is C14H9N4O3. The third-order valence-corrected chi connectivity index (χ3v) is 2.57. The van der Waals surface area contributed by atoms with Crippen LogP contribution in [0.25, 0.3) is 11.5 Å². The van der Waals surface area contributed by atoms with Crippen molar-refractivity contribution in [2.45, 2.75) is 0 Å². The minimum atomic E-state index is 0.398. The molecule has 7 nitrogen and oxygen atoms in total. The molecule has 0 saturated heterocycles. The van der Waals surface area contributed by atoms with Gasteiger partial charge in [-0.05, 0) is 18.2 Å². The van der Waals surface area contributed by atoms with E-state index in [2.05, 4.69) is 20.3 Å². The van der Waals surface area contributed by atoms with Crippen LogP contribution >= 0.6 is 0 Å². The monoisotopic (exact) mass is 281 g/mol. The van der Waals surface area contributed by atoms with E-state index < -0.39 is 0 Å². The molecule has 0 unspecified atom stereocenters. The molecule has 0 aliphatic heterocycles. The Bertz CT molecular complexity index is 726. The van der Waals surface area contributed by atoms with Gasteiger partial charge in [-0.15, -0.1) is 0 Å². The molecule has 3 aromatic rings. The maximum absolute atomic E-state index is 10.2. The summed E-state index contributed by atoms with van der Waals surface area (Å²) < 4.78 is 10.8. The fourth-order valence-corrected chi connectivity index (χ4v) is 1.65. The number of oxazole rings is 1. The minimum absolute atomic E-state index is 0.398. The maximum atomic E-state index is 10.2. The Morgan fingerprint density at radius 3 is 2.81 bits per heavy atom. The predicted octanol–water partition coefficient (Wildman–Crippen LogP) is 2.40. The SMILES string of the molecule is O=[C]Nc1ccc(Oc2ccnc(-c3cnco3)c2)cn1. The Labute approximate surface area is 119 Å². The van der Waals surface area contributed by atoms with Gasteiger partial charge in [-0.1, -0.05) is 0 Å². The third kappa shape index (κ3) is 3.03. The molecule has 3 heterocycles. The van der Waals surface area contributed by atoms with Gasteiger partial charge in [0.2, 0.25) is 0 Å². The Hall–Kier alpha value is -3.22. The number of hydrogen-bond acceptors (Lipinski definition) is 6. The molecule has 0 bridgehead atoms. The maximum Gasteiger partial charge on any atom is 0.315 e. The van der Waals surface area contributed by atoms with Gasteiger partial charge < -0.3 is 14.5 Å². The van der Waals surface area contributed by atoms with Gasteiger partial charge in [0.25, 0.3) is 0 Å². The highest BCUT2D eigenvalue weighted by atomic mass is 16.5. The van der Waals surface area contributed by atoms with Gasteiger partial charge in [0.05, 0.1) is 12.4 Å². The molecule has 1 N–H and O–H groups in total. The van der Waals surface area contributed by atoms with Crippen molar-refractivity contribution in [3.8, 4) is 23.0 Å². The fraction of sp³-hybridized carbons (Fsp3) is 0. The van der Waals surface area contributed by atoms with Crippen molar-refractivity contribution in [1.29, 1.82) is 0 Å². The van der Waals surface area contributed by atoms with Crippen LogP contribution in [0.5, 0.6) is 11.5 Å². The zero-order valence-corrected chi connectivity index (χ0v) is 10.7. The van der Waals surface area contributed by atoms with E-state index in [9.17, 15) is 4.79 Å². The lowest BCUT2D eigenvalue weighted by atomic mass is 10.3. The lowest BCUT2D eigenvalue weighted by molar-refractivity contribution is 0.479. The van der Waals surface area contributed by atoms with Crippen molar-refractivity contribution in [3.63, 3.8) is 0 Å². The first-order valence-corrected chi connectivity index (χ1v) is 5.97. The van der Waals surface area contributed by atoms with Crippen molar-refractivity contribution in [3.05, 3.63) is 49.2 Å². The summed E-state index contributed by atoms with van der Waals surface area (Å²) in [5.74, 6) is 2.07. The number of nitrogens with one attached hydrogen (secondary N) is 1. The number of nitrogens with zero attached hydrogens (tertiary/aromatic N) is 3. The van der Waals surface area contributed by atoms with E-state index >= 15 is 0 Å². The smallest absolute Gasteiger partial charge is 0.315 e. The van der Waals surface area contributed by atoms with E-state index in [1.165, 1.54) is 12.6 Å². The first kappa shape index (κ1) is 12.8. The molecule has 3 rings (SSSR count). The molecule has 0 aliphatic carbocycles. The summed E-state index contributed by atoms with van der Waals surface area (Å²) in [6.45, 7) is 0. The number of amides is 1. The minimum Gasteiger partial charge on any atom is -0.456 e. The molecular weight excluding hydrogens is 272 g/mol. The van der Waals surface area contributed by atoms with Gasteiger partial charge in [-0.25, -0.2) is 9.97 Å². The lowest BCUT2D eigenvalue weighted by Crippen LogP contribution is -1.96. The van der Waals surface area contributed by atoms with Crippen molar-refractivity contribution in [2.24, 2.45) is 0 Å². The predicted molar refractivity (Wildman–Crippen MR) is 73.4 cm³/mol. The standard InChI is InChI=1S/C14H9N4O3/c19-8-18-14-2-1-11(6-17-14)21-10-3-4-16-12(5-10)13-7-15-9-20-13/h1-7,9H,(H,17,18,19). The van der Waals surface area contributed by atoms with Crippen molar-refractivity contribution < 1.29 is 13.9 Å². The number of ether oxygens (including phenoxy) is 1. The normalized spacial score (nSPS) is 10.1. The third-order valence-electron chi connectivity index (χ3n) is 2.57. The lowest BCUT2D eigenvalue weighted by Gasteiger charge is -2.06. The summed E-state index contributed by atoms with van der Waals surface area (Å²) in [6, 6.07) is 6.73. The number of rotatable bonds is 5. The highest BCUT2D eigenvalue weighted by Crippen LogP contribution is 2.25. The van der Waals surface area contributed by atoms with Gasteiger partial charge in [-0.2, -0.15) is 0 Å². The van der Waals surface area contributed by atoms with E-state index in [4.69, 9.17) is 9.15 Å². The topological polar surface area (TPSA) is 90.1 Å². The zero-order valence-electron chi connectivity index (χ0n) is 10.7. The molecule has 1 radical (unpaired) electrons. The molecule has 7 heteroatoms. The van der Waals surface area contributed by atoms with Crippen LogP contribution in [0.15, 0.2) is 53.7 Å². The van der Waals surface area contributed by atoms with Crippen LogP contribution < -0.4 is 10.1 Å². The second kappa shape index (κ2) is 5.83. The average Bonchev–Trinajstić information content (AvgIpc) is 3.04. The molecule has 21 heavy (non-hydrogen) atoms. The van der Waals surface area contributed by atoms with E-state index in [0.29, 0.717) is 28.8 Å². The summed E-state index contributed by atoms with van der Waals surface area (Å²) in [5, 5.41) is 2.32. The quantitative estimate of drug-likeness (QED) is 0.722. The Morgan fingerprint density at radius 1 is 1.14 bits per heavy atom. The highest BCUT2D eigenvalue weighted by molar-refractivity contribution is 5.69. The van der Waals surface area contributed by atoms with Gasteiger partial charge in [0, 0.05) is 12.3 Å². The number of aromatic nitrogens is 3. The largest absolute Gasteiger partial charge is 0.456 e. The zero-order chi connectivity index (χ0) is 14.5. The number of anilines is 1. The summed E-state index contributed by atoms with van der Waals surface area (Å²) in [6.07, 6.45) is 7.56.